The van der Waals surface area contributed by atoms with Gasteiger partial charge in [-0.2, -0.15) is 0 Å². The van der Waals surface area contributed by atoms with Gasteiger partial charge in [0.05, 0.1) is 0 Å². The fourth-order valence-corrected chi connectivity index (χ4v) is 2.59. The molecule has 0 spiro atoms. The Kier molecular flexibility index (Phi) is 2.86. The highest BCUT2D eigenvalue weighted by Gasteiger charge is 2.41. The number of allylic oxidation sites excluding steroid dienone is 3. The Morgan fingerprint density at radius 2 is 2.42 bits per heavy atom. The van der Waals surface area contributed by atoms with Crippen molar-refractivity contribution in [3.8, 4) is 0 Å². The fraction of sp³-hybridized carbons (Fsp3) is 0.600. The van der Waals surface area contributed by atoms with Crippen molar-refractivity contribution < 1.29 is 0 Å². The summed E-state index contributed by atoms with van der Waals surface area (Å²) in [6.07, 6.45) is 10.8. The molecule has 0 aromatic carbocycles. The average molecular weight is 275 g/mol. The van der Waals surface area contributed by atoms with Gasteiger partial charge < -0.3 is 0 Å². The molecule has 0 aliphatic heterocycles. The molecule has 2 aliphatic carbocycles. The minimum absolute atomic E-state index is 0.863. The summed E-state index contributed by atoms with van der Waals surface area (Å²) in [5.41, 5.74) is 1.71. The summed E-state index contributed by atoms with van der Waals surface area (Å²) in [7, 11) is 0. The summed E-state index contributed by atoms with van der Waals surface area (Å²) in [5.74, 6) is 1.78. The summed E-state index contributed by atoms with van der Waals surface area (Å²) in [6, 6.07) is 0. The first kappa shape index (κ1) is 8.75. The third-order valence-electron chi connectivity index (χ3n) is 2.83. The molecule has 2 unspecified atom stereocenters. The van der Waals surface area contributed by atoms with Gasteiger partial charge in [0, 0.05) is 29.4 Å². The predicted molar refractivity (Wildman–Crippen MR) is 60.1 cm³/mol. The van der Waals surface area contributed by atoms with Crippen LogP contribution in [0.4, 0.5) is 0 Å². The van der Waals surface area contributed by atoms with Crippen LogP contribution < -0.4 is 3.53 Å². The van der Waals surface area contributed by atoms with Crippen LogP contribution in [0.1, 0.15) is 19.3 Å². The second kappa shape index (κ2) is 3.92. The van der Waals surface area contributed by atoms with Crippen molar-refractivity contribution in [2.75, 3.05) is 6.54 Å². The van der Waals surface area contributed by atoms with Crippen molar-refractivity contribution in [1.82, 2.24) is 3.53 Å². The van der Waals surface area contributed by atoms with Gasteiger partial charge in [0.2, 0.25) is 0 Å². The van der Waals surface area contributed by atoms with E-state index >= 15 is 0 Å². The highest BCUT2D eigenvalue weighted by atomic mass is 127. The SMILES string of the molecule is INCC1/C2=C/C/C=C\CCC21. The summed E-state index contributed by atoms with van der Waals surface area (Å²) in [6.45, 7) is 1.16. The quantitative estimate of drug-likeness (QED) is 0.464. The van der Waals surface area contributed by atoms with Gasteiger partial charge in [-0.1, -0.05) is 23.8 Å². The topological polar surface area (TPSA) is 12.0 Å². The molecule has 1 nitrogen and oxygen atoms in total. The van der Waals surface area contributed by atoms with Crippen molar-refractivity contribution in [2.24, 2.45) is 11.8 Å². The molecule has 2 heteroatoms. The van der Waals surface area contributed by atoms with Crippen LogP contribution >= 0.6 is 22.9 Å². The zero-order valence-corrected chi connectivity index (χ0v) is 9.25. The lowest BCUT2D eigenvalue weighted by Crippen LogP contribution is -2.03. The Hall–Kier alpha value is 0.170. The summed E-state index contributed by atoms with van der Waals surface area (Å²) in [4.78, 5) is 0. The van der Waals surface area contributed by atoms with E-state index in [2.05, 4.69) is 44.6 Å². The molecule has 0 amide bonds. The molecule has 0 bridgehead atoms. The minimum atomic E-state index is 0.863. The van der Waals surface area contributed by atoms with E-state index in [-0.39, 0.29) is 0 Å². The Balaban J connectivity index is 1.96. The Bertz CT molecular complexity index is 214. The molecule has 2 aliphatic rings. The molecule has 0 saturated heterocycles. The van der Waals surface area contributed by atoms with E-state index in [1.165, 1.54) is 12.8 Å². The molecule has 1 N–H and O–H groups in total. The third kappa shape index (κ3) is 1.74. The van der Waals surface area contributed by atoms with Gasteiger partial charge >= 0.3 is 0 Å². The summed E-state index contributed by atoms with van der Waals surface area (Å²) >= 11 is 2.24. The molecule has 2 atom stereocenters. The lowest BCUT2D eigenvalue weighted by atomic mass is 10.1. The molecule has 2 rings (SSSR count). The van der Waals surface area contributed by atoms with Crippen LogP contribution in [0.5, 0.6) is 0 Å². The number of halogens is 1. The largest absolute Gasteiger partial charge is 0.260 e. The number of rotatable bonds is 2. The van der Waals surface area contributed by atoms with E-state index in [1.807, 2.05) is 0 Å². The van der Waals surface area contributed by atoms with Crippen molar-refractivity contribution >= 4 is 22.9 Å². The molecule has 0 heterocycles. The highest BCUT2D eigenvalue weighted by molar-refractivity contribution is 14.1. The Morgan fingerprint density at radius 3 is 3.25 bits per heavy atom. The van der Waals surface area contributed by atoms with Crippen molar-refractivity contribution in [3.63, 3.8) is 0 Å². The summed E-state index contributed by atoms with van der Waals surface area (Å²) in [5, 5.41) is 0. The average Bonchev–Trinajstić information content (AvgIpc) is 2.61. The molecular formula is C10H14IN. The van der Waals surface area contributed by atoms with Crippen molar-refractivity contribution in [3.05, 3.63) is 23.8 Å². The number of fused-ring (bicyclic) bond motifs is 1. The van der Waals surface area contributed by atoms with E-state index in [0.717, 1.165) is 24.8 Å². The molecular weight excluding hydrogens is 261 g/mol. The van der Waals surface area contributed by atoms with Crippen LogP contribution in [-0.2, 0) is 0 Å². The van der Waals surface area contributed by atoms with Gasteiger partial charge in [-0.05, 0) is 31.1 Å². The van der Waals surface area contributed by atoms with Crippen LogP contribution in [0, 0.1) is 11.8 Å². The first-order valence-corrected chi connectivity index (χ1v) is 5.70. The number of nitrogens with one attached hydrogen (secondary N) is 1. The zero-order chi connectivity index (χ0) is 8.39. The molecule has 1 saturated carbocycles. The molecule has 1 fully saturated rings. The zero-order valence-electron chi connectivity index (χ0n) is 7.09. The second-order valence-electron chi connectivity index (χ2n) is 3.54. The first-order valence-electron chi connectivity index (χ1n) is 4.62. The van der Waals surface area contributed by atoms with Crippen LogP contribution in [0.15, 0.2) is 23.8 Å². The Labute approximate surface area is 87.8 Å². The normalized spacial score (nSPS) is 40.2. The van der Waals surface area contributed by atoms with E-state index in [1.54, 1.807) is 5.57 Å². The van der Waals surface area contributed by atoms with E-state index in [4.69, 9.17) is 0 Å². The number of hydrogen-bond acceptors (Lipinski definition) is 1. The first-order chi connectivity index (χ1) is 5.93. The smallest absolute Gasteiger partial charge is 0.0169 e. The third-order valence-corrected chi connectivity index (χ3v) is 3.27. The second-order valence-corrected chi connectivity index (χ2v) is 4.30. The fourth-order valence-electron chi connectivity index (χ4n) is 2.11. The number of hydrogen-bond donors (Lipinski definition) is 1. The van der Waals surface area contributed by atoms with Crippen LogP contribution in [0.2, 0.25) is 0 Å². The van der Waals surface area contributed by atoms with Crippen LogP contribution in [0.3, 0.4) is 0 Å². The Morgan fingerprint density at radius 1 is 1.50 bits per heavy atom. The maximum Gasteiger partial charge on any atom is 0.0169 e. The molecule has 0 aromatic rings. The van der Waals surface area contributed by atoms with Gasteiger partial charge in [-0.15, -0.1) is 0 Å². The molecule has 66 valence electrons. The minimum Gasteiger partial charge on any atom is -0.260 e. The summed E-state index contributed by atoms with van der Waals surface area (Å²) < 4.78 is 3.24. The predicted octanol–water partition coefficient (Wildman–Crippen LogP) is 2.84. The lowest BCUT2D eigenvalue weighted by Gasteiger charge is -1.94. The van der Waals surface area contributed by atoms with Crippen molar-refractivity contribution in [2.45, 2.75) is 19.3 Å². The van der Waals surface area contributed by atoms with Gasteiger partial charge in [0.1, 0.15) is 0 Å². The standard InChI is InChI=1S/C10H14IN/c11-12-7-10-8-5-3-1-2-4-6-9(8)10/h1-2,5,9-10,12H,3-4,6-7H2/b2-1-,8-5+. The maximum atomic E-state index is 3.24. The van der Waals surface area contributed by atoms with Crippen LogP contribution in [0.25, 0.3) is 0 Å². The van der Waals surface area contributed by atoms with Gasteiger partial charge in [-0.3, -0.25) is 3.53 Å². The monoisotopic (exact) mass is 275 g/mol. The molecule has 0 radical (unpaired) electrons. The van der Waals surface area contributed by atoms with Gasteiger partial charge in [0.25, 0.3) is 0 Å². The van der Waals surface area contributed by atoms with E-state index in [9.17, 15) is 0 Å². The van der Waals surface area contributed by atoms with Crippen molar-refractivity contribution in [1.29, 1.82) is 0 Å². The lowest BCUT2D eigenvalue weighted by molar-refractivity contribution is 0.650. The van der Waals surface area contributed by atoms with E-state index < -0.39 is 0 Å². The molecule has 0 aromatic heterocycles. The maximum absolute atomic E-state index is 3.24. The highest BCUT2D eigenvalue weighted by Crippen LogP contribution is 2.49. The molecule has 12 heavy (non-hydrogen) atoms. The van der Waals surface area contributed by atoms with E-state index in [0.29, 0.717) is 0 Å². The van der Waals surface area contributed by atoms with Gasteiger partial charge in [0.15, 0.2) is 0 Å². The van der Waals surface area contributed by atoms with Gasteiger partial charge in [-0.25, -0.2) is 0 Å². The van der Waals surface area contributed by atoms with Crippen LogP contribution in [-0.4, -0.2) is 6.54 Å².